The lowest BCUT2D eigenvalue weighted by Crippen LogP contribution is -1.72. The summed E-state index contributed by atoms with van der Waals surface area (Å²) in [5.41, 5.74) is 0. The van der Waals surface area contributed by atoms with Crippen LogP contribution in [0.15, 0.2) is 51.1 Å². The molecule has 0 saturated heterocycles. The molecule has 2 aromatic carbocycles. The highest BCUT2D eigenvalue weighted by Gasteiger charge is 2.05. The Bertz CT molecular complexity index is 520. The molecule has 108 valence electrons. The summed E-state index contributed by atoms with van der Waals surface area (Å²) in [6, 6.07) is 6.76. The average Bonchev–Trinajstić information content (AvgIpc) is 2.43. The molecule has 0 aromatic heterocycles. The fraction of sp³-hybridized carbons (Fsp3) is 0. The van der Waals surface area contributed by atoms with Gasteiger partial charge < -0.3 is 10.2 Å². The van der Waals surface area contributed by atoms with E-state index in [9.17, 15) is 0 Å². The van der Waals surface area contributed by atoms with Crippen molar-refractivity contribution in [1.29, 1.82) is 0 Å². The monoisotopic (exact) mass is 656 g/mol. The SMILES string of the molecule is Oc1ccc(Br)c(Br)c1Br.Oc1ccc(Br)c(Br)c1Br. The molecule has 0 atom stereocenters. The smallest absolute Gasteiger partial charge is 0.130 e. The van der Waals surface area contributed by atoms with Gasteiger partial charge in [0.2, 0.25) is 0 Å². The van der Waals surface area contributed by atoms with Gasteiger partial charge in [-0.2, -0.15) is 0 Å². The standard InChI is InChI=1S/2C6H3Br3O/c2*7-3-1-2-4(10)6(9)5(3)8/h2*1-2,10H. The van der Waals surface area contributed by atoms with Crippen molar-refractivity contribution in [2.75, 3.05) is 0 Å². The molecule has 0 heterocycles. The Morgan fingerprint density at radius 1 is 0.500 bits per heavy atom. The van der Waals surface area contributed by atoms with Crippen LogP contribution in [0.1, 0.15) is 0 Å². The molecule has 8 heteroatoms. The molecule has 2 aromatic rings. The van der Waals surface area contributed by atoms with Crippen LogP contribution in [0.2, 0.25) is 0 Å². The number of hydrogen-bond donors (Lipinski definition) is 2. The fourth-order valence-corrected chi connectivity index (χ4v) is 3.59. The number of halogens is 6. The number of hydrogen-bond acceptors (Lipinski definition) is 2. The number of rotatable bonds is 0. The second-order valence-corrected chi connectivity index (χ2v) is 8.27. The number of benzene rings is 2. The minimum Gasteiger partial charge on any atom is -0.507 e. The predicted molar refractivity (Wildman–Crippen MR) is 102 cm³/mol. The first-order chi connectivity index (χ1) is 9.25. The topological polar surface area (TPSA) is 40.5 Å². The first-order valence-electron chi connectivity index (χ1n) is 4.90. The molecular formula is C12H6Br6O2. The van der Waals surface area contributed by atoms with Crippen LogP contribution >= 0.6 is 95.6 Å². The van der Waals surface area contributed by atoms with Gasteiger partial charge in [-0.15, -0.1) is 0 Å². The van der Waals surface area contributed by atoms with Crippen LogP contribution in [-0.4, -0.2) is 10.2 Å². The Labute approximate surface area is 166 Å². The lowest BCUT2D eigenvalue weighted by molar-refractivity contribution is 0.470. The van der Waals surface area contributed by atoms with E-state index in [1.807, 2.05) is 0 Å². The van der Waals surface area contributed by atoms with E-state index < -0.39 is 0 Å². The summed E-state index contributed by atoms with van der Waals surface area (Å²) in [7, 11) is 0. The van der Waals surface area contributed by atoms with Gasteiger partial charge in [0.15, 0.2) is 0 Å². The summed E-state index contributed by atoms with van der Waals surface area (Å²) in [5, 5.41) is 18.3. The quantitative estimate of drug-likeness (QED) is 0.290. The first-order valence-corrected chi connectivity index (χ1v) is 9.66. The molecule has 2 nitrogen and oxygen atoms in total. The Kier molecular flexibility index (Phi) is 8.09. The third-order valence-electron chi connectivity index (χ3n) is 2.03. The first kappa shape index (κ1) is 19.0. The normalized spacial score (nSPS) is 9.90. The molecule has 2 rings (SSSR count). The molecule has 0 unspecified atom stereocenters. The lowest BCUT2D eigenvalue weighted by atomic mass is 10.3. The van der Waals surface area contributed by atoms with Crippen molar-refractivity contribution in [3.05, 3.63) is 51.1 Å². The third-order valence-corrected chi connectivity index (χ3v) is 8.73. The zero-order valence-electron chi connectivity index (χ0n) is 9.47. The van der Waals surface area contributed by atoms with Crippen LogP contribution in [-0.2, 0) is 0 Å². The van der Waals surface area contributed by atoms with Crippen LogP contribution in [0, 0.1) is 0 Å². The Balaban J connectivity index is 0.000000200. The summed E-state index contributed by atoms with van der Waals surface area (Å²) in [5.74, 6) is 0.463. The van der Waals surface area contributed by atoms with E-state index in [2.05, 4.69) is 95.6 Å². The highest BCUT2D eigenvalue weighted by molar-refractivity contribution is 9.15. The van der Waals surface area contributed by atoms with Crippen molar-refractivity contribution in [3.8, 4) is 11.5 Å². The van der Waals surface area contributed by atoms with Gasteiger partial charge in [-0.3, -0.25) is 0 Å². The minimum absolute atomic E-state index is 0.232. The van der Waals surface area contributed by atoms with Crippen molar-refractivity contribution in [2.45, 2.75) is 0 Å². The van der Waals surface area contributed by atoms with Gasteiger partial charge in [-0.05, 0) is 120 Å². The van der Waals surface area contributed by atoms with E-state index >= 15 is 0 Å². The van der Waals surface area contributed by atoms with Crippen LogP contribution < -0.4 is 0 Å². The summed E-state index contributed by atoms with van der Waals surface area (Å²) < 4.78 is 4.82. The second-order valence-electron chi connectivity index (χ2n) is 3.39. The molecule has 0 spiro atoms. The van der Waals surface area contributed by atoms with Crippen molar-refractivity contribution in [1.82, 2.24) is 0 Å². The second kappa shape index (κ2) is 8.53. The maximum atomic E-state index is 9.13. The Morgan fingerprint density at radius 2 is 0.800 bits per heavy atom. The molecule has 0 bridgehead atoms. The van der Waals surface area contributed by atoms with Gasteiger partial charge in [0, 0.05) is 17.9 Å². The number of phenolic OH excluding ortho intramolecular Hbond substituents is 2. The zero-order valence-corrected chi connectivity index (χ0v) is 19.0. The maximum Gasteiger partial charge on any atom is 0.130 e. The Hall–Kier alpha value is 0.920. The molecular weight excluding hydrogens is 656 g/mol. The summed E-state index contributed by atoms with van der Waals surface area (Å²) >= 11 is 19.5. The molecule has 0 aliphatic heterocycles. The fourth-order valence-electron chi connectivity index (χ4n) is 1.03. The van der Waals surface area contributed by atoms with Gasteiger partial charge in [-0.25, -0.2) is 0 Å². The van der Waals surface area contributed by atoms with Gasteiger partial charge in [-0.1, -0.05) is 0 Å². The van der Waals surface area contributed by atoms with Crippen molar-refractivity contribution >= 4 is 95.6 Å². The van der Waals surface area contributed by atoms with Crippen molar-refractivity contribution in [3.63, 3.8) is 0 Å². The molecule has 2 N–H and O–H groups in total. The van der Waals surface area contributed by atoms with E-state index in [0.717, 1.165) is 17.9 Å². The molecule has 0 radical (unpaired) electrons. The Morgan fingerprint density at radius 3 is 1.05 bits per heavy atom. The highest BCUT2D eigenvalue weighted by atomic mass is 79.9. The van der Waals surface area contributed by atoms with Gasteiger partial charge in [0.1, 0.15) is 11.5 Å². The van der Waals surface area contributed by atoms with Crippen LogP contribution in [0.3, 0.4) is 0 Å². The zero-order chi connectivity index (χ0) is 15.4. The van der Waals surface area contributed by atoms with Gasteiger partial charge >= 0.3 is 0 Å². The van der Waals surface area contributed by atoms with Crippen LogP contribution in [0.25, 0.3) is 0 Å². The third kappa shape index (κ3) is 4.98. The van der Waals surface area contributed by atoms with Crippen LogP contribution in [0.4, 0.5) is 0 Å². The average molecular weight is 662 g/mol. The van der Waals surface area contributed by atoms with E-state index in [-0.39, 0.29) is 11.5 Å². The largest absolute Gasteiger partial charge is 0.507 e. The summed E-state index contributed by atoms with van der Waals surface area (Å²) in [4.78, 5) is 0. The van der Waals surface area contributed by atoms with E-state index in [0.29, 0.717) is 8.95 Å². The van der Waals surface area contributed by atoms with E-state index in [1.54, 1.807) is 24.3 Å². The minimum atomic E-state index is 0.232. The van der Waals surface area contributed by atoms with Crippen LogP contribution in [0.5, 0.6) is 11.5 Å². The molecule has 0 saturated carbocycles. The number of phenols is 2. The van der Waals surface area contributed by atoms with Gasteiger partial charge in [0.05, 0.1) is 8.95 Å². The number of aromatic hydroxyl groups is 2. The predicted octanol–water partition coefficient (Wildman–Crippen LogP) is 7.36. The van der Waals surface area contributed by atoms with Crippen molar-refractivity contribution < 1.29 is 10.2 Å². The lowest BCUT2D eigenvalue weighted by Gasteiger charge is -2.00. The highest BCUT2D eigenvalue weighted by Crippen LogP contribution is 2.37. The van der Waals surface area contributed by atoms with Gasteiger partial charge in [0.25, 0.3) is 0 Å². The van der Waals surface area contributed by atoms with E-state index in [1.165, 1.54) is 0 Å². The molecule has 0 amide bonds. The molecule has 0 fully saturated rings. The maximum absolute atomic E-state index is 9.13. The van der Waals surface area contributed by atoms with E-state index in [4.69, 9.17) is 10.2 Å². The molecule has 0 aliphatic rings. The van der Waals surface area contributed by atoms with Crippen molar-refractivity contribution in [2.24, 2.45) is 0 Å². The molecule has 0 aliphatic carbocycles. The summed E-state index contributed by atoms with van der Waals surface area (Å²) in [6.45, 7) is 0. The molecule has 20 heavy (non-hydrogen) atoms. The summed E-state index contributed by atoms with van der Waals surface area (Å²) in [6.07, 6.45) is 0.